The number of fused-ring (bicyclic) bond motifs is 3. The molecule has 3 rings (SSSR count). The maximum absolute atomic E-state index is 12.0. The van der Waals surface area contributed by atoms with Crippen molar-refractivity contribution >= 4 is 33.3 Å². The van der Waals surface area contributed by atoms with Gasteiger partial charge in [-0.1, -0.05) is 11.8 Å². The van der Waals surface area contributed by atoms with E-state index in [1.807, 2.05) is 6.26 Å². The molecule has 0 unspecified atom stereocenters. The van der Waals surface area contributed by atoms with Gasteiger partial charge in [0.15, 0.2) is 5.16 Å². The number of ether oxygens (including phenoxy) is 1. The first-order chi connectivity index (χ1) is 8.50. The van der Waals surface area contributed by atoms with Gasteiger partial charge in [0.1, 0.15) is 4.70 Å². The summed E-state index contributed by atoms with van der Waals surface area (Å²) in [7, 11) is 0. The minimum atomic E-state index is -0.150. The van der Waals surface area contributed by atoms with Crippen LogP contribution in [0.3, 0.4) is 0 Å². The van der Waals surface area contributed by atoms with Crippen molar-refractivity contribution in [3.63, 3.8) is 0 Å². The van der Waals surface area contributed by atoms with Gasteiger partial charge in [0.25, 0.3) is 5.56 Å². The fraction of sp³-hybridized carbons (Fsp3) is 0.500. The molecule has 0 fully saturated rings. The summed E-state index contributed by atoms with van der Waals surface area (Å²) in [6.07, 6.45) is 2.75. The van der Waals surface area contributed by atoms with E-state index in [0.717, 1.165) is 22.2 Å². The molecular weight excluding hydrogens is 268 g/mol. The number of rotatable bonds is 1. The molecule has 0 radical (unpaired) electrons. The monoisotopic (exact) mass is 282 g/mol. The second-order valence-electron chi connectivity index (χ2n) is 4.98. The molecule has 0 aromatic carbocycles. The maximum Gasteiger partial charge on any atom is 0.269 e. The zero-order valence-corrected chi connectivity index (χ0v) is 12.1. The molecule has 1 aliphatic rings. The number of aromatic amines is 1. The van der Waals surface area contributed by atoms with Crippen LogP contribution in [-0.4, -0.2) is 21.8 Å². The Bertz CT molecular complexity index is 673. The lowest BCUT2D eigenvalue weighted by atomic mass is 9.98. The first-order valence-corrected chi connectivity index (χ1v) is 7.77. The van der Waals surface area contributed by atoms with E-state index < -0.39 is 0 Å². The molecule has 0 saturated carbocycles. The lowest BCUT2D eigenvalue weighted by Crippen LogP contribution is -2.30. The molecule has 2 aromatic rings. The number of thiophene rings is 1. The van der Waals surface area contributed by atoms with Crippen molar-refractivity contribution < 1.29 is 4.74 Å². The molecule has 1 aliphatic heterocycles. The summed E-state index contributed by atoms with van der Waals surface area (Å²) in [6, 6.07) is 0. The summed E-state index contributed by atoms with van der Waals surface area (Å²) in [5.41, 5.74) is 1.72. The van der Waals surface area contributed by atoms with Crippen molar-refractivity contribution in [2.24, 2.45) is 0 Å². The van der Waals surface area contributed by atoms with E-state index in [2.05, 4.69) is 23.8 Å². The summed E-state index contributed by atoms with van der Waals surface area (Å²) in [5.74, 6) is 0. The molecule has 0 atom stereocenters. The van der Waals surface area contributed by atoms with E-state index in [-0.39, 0.29) is 11.2 Å². The molecule has 18 heavy (non-hydrogen) atoms. The van der Waals surface area contributed by atoms with E-state index >= 15 is 0 Å². The van der Waals surface area contributed by atoms with Crippen molar-refractivity contribution in [2.45, 2.75) is 37.6 Å². The van der Waals surface area contributed by atoms with Crippen molar-refractivity contribution in [2.75, 3.05) is 6.26 Å². The van der Waals surface area contributed by atoms with Gasteiger partial charge in [-0.05, 0) is 20.1 Å². The summed E-state index contributed by atoms with van der Waals surface area (Å²) >= 11 is 3.00. The van der Waals surface area contributed by atoms with Gasteiger partial charge in [0, 0.05) is 16.9 Å². The Labute approximate surface area is 113 Å². The zero-order valence-electron chi connectivity index (χ0n) is 10.5. The summed E-state index contributed by atoms with van der Waals surface area (Å²) < 4.78 is 6.54. The highest BCUT2D eigenvalue weighted by molar-refractivity contribution is 7.98. The van der Waals surface area contributed by atoms with E-state index in [0.29, 0.717) is 11.8 Å². The smallest absolute Gasteiger partial charge is 0.269 e. The standard InChI is InChI=1S/C12H14N2O2S2/c1-12(2)4-7-6(5-16-12)8-9(18-7)10(15)14-11(13-8)17-3/h4-5H2,1-3H3,(H,13,14,15). The number of nitrogens with zero attached hydrogens (tertiary/aromatic N) is 1. The van der Waals surface area contributed by atoms with Crippen LogP contribution in [0.2, 0.25) is 0 Å². The first kappa shape index (κ1) is 12.2. The van der Waals surface area contributed by atoms with E-state index in [9.17, 15) is 4.79 Å². The van der Waals surface area contributed by atoms with E-state index in [1.54, 1.807) is 11.3 Å². The quantitative estimate of drug-likeness (QED) is 0.645. The third-order valence-corrected chi connectivity index (χ3v) is 4.89. The van der Waals surface area contributed by atoms with Crippen LogP contribution in [0.15, 0.2) is 9.95 Å². The molecule has 0 bridgehead atoms. The van der Waals surface area contributed by atoms with Gasteiger partial charge >= 0.3 is 0 Å². The number of hydrogen-bond acceptors (Lipinski definition) is 5. The fourth-order valence-corrected chi connectivity index (χ4v) is 3.88. The average molecular weight is 282 g/mol. The molecule has 96 valence electrons. The molecule has 0 amide bonds. The van der Waals surface area contributed by atoms with Crippen LogP contribution >= 0.6 is 23.1 Å². The number of hydrogen-bond donors (Lipinski definition) is 1. The van der Waals surface area contributed by atoms with Crippen LogP contribution in [-0.2, 0) is 17.8 Å². The highest BCUT2D eigenvalue weighted by atomic mass is 32.2. The number of H-pyrrole nitrogens is 1. The van der Waals surface area contributed by atoms with Gasteiger partial charge in [-0.3, -0.25) is 4.79 Å². The highest BCUT2D eigenvalue weighted by Crippen LogP contribution is 2.36. The van der Waals surface area contributed by atoms with Gasteiger partial charge < -0.3 is 9.72 Å². The van der Waals surface area contributed by atoms with Crippen LogP contribution in [0.1, 0.15) is 24.3 Å². The van der Waals surface area contributed by atoms with Gasteiger partial charge in [0.2, 0.25) is 0 Å². The SMILES string of the molecule is CSc1nc2c3c(sc2c(=O)[nH]1)CC(C)(C)OC3. The lowest BCUT2D eigenvalue weighted by Gasteiger charge is -2.29. The van der Waals surface area contributed by atoms with Gasteiger partial charge in [-0.2, -0.15) is 0 Å². The van der Waals surface area contributed by atoms with Gasteiger partial charge in [0.05, 0.1) is 17.7 Å². The molecule has 0 aliphatic carbocycles. The van der Waals surface area contributed by atoms with Crippen molar-refractivity contribution in [1.29, 1.82) is 0 Å². The first-order valence-electron chi connectivity index (χ1n) is 5.73. The molecule has 3 heterocycles. The van der Waals surface area contributed by atoms with Gasteiger partial charge in [-0.15, -0.1) is 11.3 Å². The summed E-state index contributed by atoms with van der Waals surface area (Å²) in [6.45, 7) is 4.70. The minimum absolute atomic E-state index is 0.0402. The molecule has 0 spiro atoms. The third kappa shape index (κ3) is 1.88. The second kappa shape index (κ2) is 4.08. The van der Waals surface area contributed by atoms with Crippen molar-refractivity contribution in [1.82, 2.24) is 9.97 Å². The lowest BCUT2D eigenvalue weighted by molar-refractivity contribution is -0.0383. The largest absolute Gasteiger partial charge is 0.370 e. The van der Waals surface area contributed by atoms with Crippen molar-refractivity contribution in [3.05, 3.63) is 20.8 Å². The minimum Gasteiger partial charge on any atom is -0.370 e. The van der Waals surface area contributed by atoms with E-state index in [4.69, 9.17) is 4.74 Å². The van der Waals surface area contributed by atoms with Crippen LogP contribution in [0.25, 0.3) is 10.2 Å². The van der Waals surface area contributed by atoms with Crippen LogP contribution in [0.5, 0.6) is 0 Å². The Hall–Kier alpha value is -0.850. The molecule has 2 aromatic heterocycles. The Balaban J connectivity index is 2.25. The van der Waals surface area contributed by atoms with Gasteiger partial charge in [-0.25, -0.2) is 4.98 Å². The van der Waals surface area contributed by atoms with Crippen LogP contribution in [0, 0.1) is 0 Å². The number of aromatic nitrogens is 2. The predicted molar refractivity (Wildman–Crippen MR) is 74.6 cm³/mol. The van der Waals surface area contributed by atoms with Crippen LogP contribution < -0.4 is 5.56 Å². The average Bonchev–Trinajstić information content (AvgIpc) is 2.65. The Kier molecular flexibility index (Phi) is 2.76. The zero-order chi connectivity index (χ0) is 12.9. The topological polar surface area (TPSA) is 55.0 Å². The maximum atomic E-state index is 12.0. The third-order valence-electron chi connectivity index (χ3n) is 3.09. The number of nitrogens with one attached hydrogen (secondary N) is 1. The second-order valence-corrected chi connectivity index (χ2v) is 6.88. The summed E-state index contributed by atoms with van der Waals surface area (Å²) in [4.78, 5) is 20.5. The van der Waals surface area contributed by atoms with Crippen molar-refractivity contribution in [3.8, 4) is 0 Å². The molecule has 0 saturated heterocycles. The van der Waals surface area contributed by atoms with E-state index in [1.165, 1.54) is 16.6 Å². The predicted octanol–water partition coefficient (Wildman–Crippen LogP) is 2.56. The molecule has 1 N–H and O–H groups in total. The summed E-state index contributed by atoms with van der Waals surface area (Å²) in [5, 5.41) is 0.665. The Morgan fingerprint density at radius 1 is 1.50 bits per heavy atom. The highest BCUT2D eigenvalue weighted by Gasteiger charge is 2.30. The fourth-order valence-electron chi connectivity index (χ4n) is 2.15. The Morgan fingerprint density at radius 2 is 2.28 bits per heavy atom. The molecule has 4 nitrogen and oxygen atoms in total. The Morgan fingerprint density at radius 3 is 3.00 bits per heavy atom. The molecular formula is C12H14N2O2S2. The molecule has 6 heteroatoms. The van der Waals surface area contributed by atoms with Crippen LogP contribution in [0.4, 0.5) is 0 Å². The number of thioether (sulfide) groups is 1. The normalized spacial score (nSPS) is 17.9.